The Bertz CT molecular complexity index is 2360. The van der Waals surface area contributed by atoms with Crippen LogP contribution in [0.15, 0.2) is 146 Å². The zero-order valence-electron chi connectivity index (χ0n) is 59.9. The molecule has 3 aliphatic rings. The molecule has 0 aliphatic carbocycles. The van der Waals surface area contributed by atoms with Crippen LogP contribution in [0.4, 0.5) is 0 Å². The van der Waals surface area contributed by atoms with Crippen molar-refractivity contribution in [3.8, 4) is 0 Å². The molecule has 0 aromatic rings. The fourth-order valence-electron chi connectivity index (χ4n) is 11.6. The molecule has 0 radical (unpaired) electrons. The van der Waals surface area contributed by atoms with E-state index in [1.165, 1.54) is 51.4 Å². The lowest BCUT2D eigenvalue weighted by Crippen LogP contribution is -2.66. The van der Waals surface area contributed by atoms with Gasteiger partial charge < -0.3 is 89.9 Å². The van der Waals surface area contributed by atoms with E-state index < -0.39 is 124 Å². The highest BCUT2D eigenvalue weighted by Gasteiger charge is 2.53. The number of nitrogens with one attached hydrogen (secondary N) is 1. The summed E-state index contributed by atoms with van der Waals surface area (Å²) in [5, 5.41) is 120. The Morgan fingerprint density at radius 1 is 0.374 bits per heavy atom. The van der Waals surface area contributed by atoms with E-state index >= 15 is 0 Å². The molecule has 12 N–H and O–H groups in total. The molecule has 19 nitrogen and oxygen atoms in total. The van der Waals surface area contributed by atoms with E-state index in [2.05, 4.69) is 153 Å². The number of hydrogen-bond donors (Lipinski definition) is 12. The molecule has 0 aromatic heterocycles. The number of hydrogen-bond acceptors (Lipinski definition) is 18. The highest BCUT2D eigenvalue weighted by atomic mass is 16.8. The summed E-state index contributed by atoms with van der Waals surface area (Å²) in [5.41, 5.74) is 0. The van der Waals surface area contributed by atoms with Crippen molar-refractivity contribution in [1.82, 2.24) is 5.32 Å². The highest BCUT2D eigenvalue weighted by molar-refractivity contribution is 5.76. The zero-order valence-corrected chi connectivity index (χ0v) is 59.9. The van der Waals surface area contributed by atoms with Gasteiger partial charge in [0.15, 0.2) is 18.9 Å². The van der Waals surface area contributed by atoms with Crippen molar-refractivity contribution in [1.29, 1.82) is 0 Å². The molecule has 0 saturated carbocycles. The summed E-state index contributed by atoms with van der Waals surface area (Å²) in [6.07, 6.45) is 58.3. The van der Waals surface area contributed by atoms with Crippen LogP contribution in [0.5, 0.6) is 0 Å². The number of aliphatic hydroxyl groups is 11. The van der Waals surface area contributed by atoms with Crippen LogP contribution in [-0.4, -0.2) is 193 Å². The molecule has 3 heterocycles. The van der Waals surface area contributed by atoms with Gasteiger partial charge in [0, 0.05) is 6.42 Å². The fourth-order valence-corrected chi connectivity index (χ4v) is 11.6. The Kier molecular flexibility index (Phi) is 53.1. The molecule has 564 valence electrons. The van der Waals surface area contributed by atoms with Crippen molar-refractivity contribution in [2.45, 2.75) is 324 Å². The van der Waals surface area contributed by atoms with E-state index in [-0.39, 0.29) is 18.9 Å². The molecule has 17 unspecified atom stereocenters. The van der Waals surface area contributed by atoms with E-state index in [1.54, 1.807) is 6.08 Å². The van der Waals surface area contributed by atoms with Crippen molar-refractivity contribution >= 4 is 5.91 Å². The first kappa shape index (κ1) is 88.9. The van der Waals surface area contributed by atoms with Crippen molar-refractivity contribution < 1.29 is 89.4 Å². The van der Waals surface area contributed by atoms with Crippen LogP contribution in [0.2, 0.25) is 0 Å². The summed E-state index contributed by atoms with van der Waals surface area (Å²) in [6.45, 7) is 1.58. The molecular weight excluding hydrogens is 1260 g/mol. The van der Waals surface area contributed by atoms with Crippen LogP contribution in [0, 0.1) is 0 Å². The molecule has 19 heteroatoms. The number of amides is 1. The molecule has 0 bridgehead atoms. The molecule has 3 aliphatic heterocycles. The maximum absolute atomic E-state index is 13.4. The van der Waals surface area contributed by atoms with Crippen molar-refractivity contribution in [2.75, 3.05) is 26.4 Å². The zero-order chi connectivity index (χ0) is 71.8. The summed E-state index contributed by atoms with van der Waals surface area (Å²) in [6, 6.07) is -0.989. The van der Waals surface area contributed by atoms with Gasteiger partial charge in [-0.05, 0) is 103 Å². The van der Waals surface area contributed by atoms with Crippen LogP contribution < -0.4 is 5.32 Å². The summed E-state index contributed by atoms with van der Waals surface area (Å²) in [4.78, 5) is 13.4. The van der Waals surface area contributed by atoms with Gasteiger partial charge in [0.05, 0.1) is 38.6 Å². The van der Waals surface area contributed by atoms with E-state index in [4.69, 9.17) is 28.4 Å². The predicted molar refractivity (Wildman–Crippen MR) is 392 cm³/mol. The first-order valence-electron chi connectivity index (χ1n) is 37.6. The maximum Gasteiger partial charge on any atom is 0.220 e. The Hall–Kier alpha value is -4.33. The standard InChI is InChI=1S/C80H131NO18/c1-3-5-7-9-11-13-15-17-18-19-20-21-22-23-24-25-26-27-28-29-30-31-32-33-34-35-36-37-38-39-40-41-42-43-44-46-48-50-52-54-56-58-68(86)81-63(64(85)57-55-53-51-49-47-45-16-14-12-10-8-6-4-2)62-94-78-74(92)71(89)76(66(60-83)96-78)99-80-75(93)72(90)77(67(61-84)97-80)98-79-73(91)70(88)69(87)65(59-82)95-79/h5,7,11,13,17-18,20-21,23-24,26-27,29-30,32-33,35-36,38-39,41-42,55,57,63-67,69-80,82-85,87-93H,3-4,6,8-10,12,14-16,19,22,25,28,31,34,37,40,43-54,56,58-62H2,1-2H3,(H,81,86)/b7-5-,13-11-,18-17-,21-20-,24-23-,27-26-,30-29-,33-32-,36-35-,39-38-,42-41-,57-55+. The molecule has 99 heavy (non-hydrogen) atoms. The minimum Gasteiger partial charge on any atom is -0.394 e. The van der Waals surface area contributed by atoms with Gasteiger partial charge in [-0.2, -0.15) is 0 Å². The number of allylic oxidation sites excluding steroid dienone is 23. The highest BCUT2D eigenvalue weighted by Crippen LogP contribution is 2.33. The average Bonchev–Trinajstić information content (AvgIpc) is 0.785. The van der Waals surface area contributed by atoms with E-state index in [9.17, 15) is 61.0 Å². The summed E-state index contributed by atoms with van der Waals surface area (Å²) >= 11 is 0. The molecule has 1 amide bonds. The van der Waals surface area contributed by atoms with Gasteiger partial charge in [-0.15, -0.1) is 0 Å². The predicted octanol–water partition coefficient (Wildman–Crippen LogP) is 11.5. The fraction of sp³-hybridized carbons (Fsp3) is 0.688. The van der Waals surface area contributed by atoms with Crippen LogP contribution in [0.1, 0.15) is 219 Å². The van der Waals surface area contributed by atoms with Crippen molar-refractivity contribution in [3.05, 3.63) is 146 Å². The minimum absolute atomic E-state index is 0.221. The third-order valence-corrected chi connectivity index (χ3v) is 17.6. The lowest BCUT2D eigenvalue weighted by molar-refractivity contribution is -0.379. The summed E-state index contributed by atoms with van der Waals surface area (Å²) < 4.78 is 34.3. The van der Waals surface area contributed by atoms with E-state index in [0.29, 0.717) is 6.42 Å². The summed E-state index contributed by atoms with van der Waals surface area (Å²) in [5.74, 6) is -0.294. The largest absolute Gasteiger partial charge is 0.394 e. The molecule has 3 fully saturated rings. The Labute approximate surface area is 593 Å². The van der Waals surface area contributed by atoms with Crippen LogP contribution in [-0.2, 0) is 33.2 Å². The van der Waals surface area contributed by atoms with Crippen molar-refractivity contribution in [2.24, 2.45) is 0 Å². The van der Waals surface area contributed by atoms with Gasteiger partial charge >= 0.3 is 0 Å². The second-order valence-corrected chi connectivity index (χ2v) is 26.0. The molecule has 0 aromatic carbocycles. The van der Waals surface area contributed by atoms with E-state index in [0.717, 1.165) is 141 Å². The number of carbonyl (C=O) groups excluding carboxylic acids is 1. The second-order valence-electron chi connectivity index (χ2n) is 26.0. The Balaban J connectivity index is 1.34. The second kappa shape index (κ2) is 59.1. The van der Waals surface area contributed by atoms with Gasteiger partial charge in [-0.3, -0.25) is 4.79 Å². The molecule has 3 rings (SSSR count). The molecular formula is C80H131NO18. The van der Waals surface area contributed by atoms with Gasteiger partial charge in [0.2, 0.25) is 5.91 Å². The van der Waals surface area contributed by atoms with Crippen LogP contribution in [0.3, 0.4) is 0 Å². The normalized spacial score (nSPS) is 27.5. The number of aliphatic hydroxyl groups excluding tert-OH is 11. The number of rotatable bonds is 56. The molecule has 3 saturated heterocycles. The van der Waals surface area contributed by atoms with Gasteiger partial charge in [-0.1, -0.05) is 256 Å². The maximum atomic E-state index is 13.4. The lowest BCUT2D eigenvalue weighted by atomic mass is 9.96. The smallest absolute Gasteiger partial charge is 0.220 e. The quantitative estimate of drug-likeness (QED) is 0.0199. The average molecular weight is 1390 g/mol. The number of ether oxygens (including phenoxy) is 6. The Morgan fingerprint density at radius 3 is 1.09 bits per heavy atom. The first-order valence-corrected chi connectivity index (χ1v) is 37.6. The molecule has 0 spiro atoms. The van der Waals surface area contributed by atoms with Crippen LogP contribution in [0.25, 0.3) is 0 Å². The van der Waals surface area contributed by atoms with Gasteiger partial charge in [0.25, 0.3) is 0 Å². The van der Waals surface area contributed by atoms with Crippen molar-refractivity contribution in [3.63, 3.8) is 0 Å². The lowest BCUT2D eigenvalue weighted by Gasteiger charge is -2.48. The topological polar surface area (TPSA) is 307 Å². The van der Waals surface area contributed by atoms with E-state index in [1.807, 2.05) is 6.08 Å². The number of unbranched alkanes of at least 4 members (excludes halogenated alkanes) is 18. The monoisotopic (exact) mass is 1390 g/mol. The first-order chi connectivity index (χ1) is 48.3. The molecule has 17 atom stereocenters. The summed E-state index contributed by atoms with van der Waals surface area (Å²) in [7, 11) is 0. The Morgan fingerprint density at radius 2 is 0.697 bits per heavy atom. The van der Waals surface area contributed by atoms with Gasteiger partial charge in [-0.25, -0.2) is 0 Å². The third-order valence-electron chi connectivity index (χ3n) is 17.6. The number of carbonyl (C=O) groups is 1. The van der Waals surface area contributed by atoms with Gasteiger partial charge in [0.1, 0.15) is 73.2 Å². The SMILES string of the molecule is CC/C=C\C/C=C\C/C=C\C/C=C\C/C=C\C/C=C\C/C=C\C/C=C\C/C=C\C/C=C\C/C=C\CCCCCCCCCC(=O)NC(COC1OC(CO)C(OC2OC(CO)C(OC3OC(CO)C(O)C(O)C3O)C(O)C2O)C(O)C1O)C(O)/C=C/CCCCCCCCCCCCC. The third kappa shape index (κ3) is 39.8. The van der Waals surface area contributed by atoms with Crippen LogP contribution >= 0.6 is 0 Å². The minimum atomic E-state index is -1.99.